The predicted octanol–water partition coefficient (Wildman–Crippen LogP) is 3.58. The van der Waals surface area contributed by atoms with Crippen LogP contribution in [0.25, 0.3) is 0 Å². The summed E-state index contributed by atoms with van der Waals surface area (Å²) in [7, 11) is 0. The van der Waals surface area contributed by atoms with Gasteiger partial charge in [0.25, 0.3) is 0 Å². The van der Waals surface area contributed by atoms with E-state index >= 15 is 0 Å². The summed E-state index contributed by atoms with van der Waals surface area (Å²) in [4.78, 5) is 0. The fourth-order valence-electron chi connectivity index (χ4n) is 1.22. The molecule has 1 rings (SSSR count). The first-order chi connectivity index (χ1) is 6.60. The first-order valence-electron chi connectivity index (χ1n) is 5.27. The van der Waals surface area contributed by atoms with Crippen molar-refractivity contribution in [3.05, 3.63) is 27.7 Å². The van der Waals surface area contributed by atoms with E-state index in [0.29, 0.717) is 0 Å². The summed E-state index contributed by atoms with van der Waals surface area (Å²) >= 11 is 3.07. The molecule has 1 heterocycles. The molecule has 0 spiro atoms. The molecule has 0 aliphatic rings. The molecule has 0 aromatic carbocycles. The van der Waals surface area contributed by atoms with Crippen molar-refractivity contribution in [2.24, 2.45) is 0 Å². The molecular formula is C13H20OSe. The number of hydrogen-bond acceptors (Lipinski definition) is 1. The molecule has 0 amide bonds. The van der Waals surface area contributed by atoms with Crippen LogP contribution in [0.5, 0.6) is 0 Å². The van der Waals surface area contributed by atoms with Gasteiger partial charge < -0.3 is 0 Å². The summed E-state index contributed by atoms with van der Waals surface area (Å²) in [5.74, 6) is 2.06. The van der Waals surface area contributed by atoms with E-state index in [1.165, 1.54) is 0 Å². The Balaban J connectivity index is 3.36. The Hall–Kier alpha value is -0.331. The first-order valence-corrected chi connectivity index (χ1v) is 6.12. The third-order valence-corrected chi connectivity index (χ3v) is 2.74. The van der Waals surface area contributed by atoms with Gasteiger partial charge in [0, 0.05) is 0 Å². The third-order valence-electron chi connectivity index (χ3n) is 2.25. The summed E-state index contributed by atoms with van der Waals surface area (Å²) in [6, 6.07) is 4.16. The van der Waals surface area contributed by atoms with Gasteiger partial charge in [0.15, 0.2) is 0 Å². The van der Waals surface area contributed by atoms with Gasteiger partial charge in [-0.3, -0.25) is 0 Å². The van der Waals surface area contributed by atoms with Crippen molar-refractivity contribution in [1.29, 1.82) is 0 Å². The molecule has 0 aliphatic heterocycles. The van der Waals surface area contributed by atoms with Gasteiger partial charge in [0.1, 0.15) is 0 Å². The SMILES string of the molecule is CC(C)(C)c1cc(=[Se])cc(C(C)(C)C)o1. The quantitative estimate of drug-likeness (QED) is 0.657. The molecule has 0 saturated heterocycles. The second-order valence-corrected chi connectivity index (χ2v) is 7.01. The molecule has 0 saturated carbocycles. The van der Waals surface area contributed by atoms with E-state index in [-0.39, 0.29) is 10.8 Å². The first kappa shape index (κ1) is 12.7. The maximum atomic E-state index is 5.97. The molecule has 84 valence electrons. The number of rotatable bonds is 0. The minimum atomic E-state index is 0.0554. The van der Waals surface area contributed by atoms with Crippen LogP contribution in [0.3, 0.4) is 0 Å². The Kier molecular flexibility index (Phi) is 3.33. The van der Waals surface area contributed by atoms with Crippen LogP contribution in [0.1, 0.15) is 53.1 Å². The molecule has 0 atom stereocenters. The average Bonchev–Trinajstić information content (AvgIpc) is 1.99. The van der Waals surface area contributed by atoms with Crippen LogP contribution in [0.4, 0.5) is 0 Å². The molecule has 0 unspecified atom stereocenters. The monoisotopic (exact) mass is 272 g/mol. The van der Waals surface area contributed by atoms with Crippen LogP contribution in [0.2, 0.25) is 0 Å². The Morgan fingerprint density at radius 3 is 1.47 bits per heavy atom. The van der Waals surface area contributed by atoms with E-state index in [1.807, 2.05) is 0 Å². The van der Waals surface area contributed by atoms with Crippen molar-refractivity contribution in [2.45, 2.75) is 52.4 Å². The van der Waals surface area contributed by atoms with Crippen LogP contribution in [0, 0.1) is 4.06 Å². The normalized spacial score (nSPS) is 12.9. The topological polar surface area (TPSA) is 13.1 Å². The second kappa shape index (κ2) is 3.92. The van der Waals surface area contributed by atoms with E-state index < -0.39 is 0 Å². The van der Waals surface area contributed by atoms with Crippen LogP contribution < -0.4 is 0 Å². The molecule has 0 N–H and O–H groups in total. The van der Waals surface area contributed by atoms with E-state index in [2.05, 4.69) is 69.3 Å². The molecule has 0 bridgehead atoms. The molecule has 15 heavy (non-hydrogen) atoms. The van der Waals surface area contributed by atoms with Gasteiger partial charge in [-0.25, -0.2) is 0 Å². The molecular weight excluding hydrogens is 251 g/mol. The van der Waals surface area contributed by atoms with Crippen LogP contribution >= 0.6 is 0 Å². The molecule has 1 aromatic heterocycles. The Morgan fingerprint density at radius 1 is 0.867 bits per heavy atom. The summed E-state index contributed by atoms with van der Waals surface area (Å²) in [6.07, 6.45) is 0. The predicted molar refractivity (Wildman–Crippen MR) is 65.1 cm³/mol. The average molecular weight is 271 g/mol. The summed E-state index contributed by atoms with van der Waals surface area (Å²) in [6.45, 7) is 13.0. The van der Waals surface area contributed by atoms with Crippen molar-refractivity contribution in [2.75, 3.05) is 0 Å². The summed E-state index contributed by atoms with van der Waals surface area (Å²) < 4.78 is 7.12. The van der Waals surface area contributed by atoms with Gasteiger partial charge in [-0.1, -0.05) is 0 Å². The Labute approximate surface area is 100 Å². The summed E-state index contributed by atoms with van der Waals surface area (Å²) in [5.41, 5.74) is 0.111. The van der Waals surface area contributed by atoms with Gasteiger partial charge in [-0.2, -0.15) is 0 Å². The second-order valence-electron chi connectivity index (χ2n) is 6.02. The van der Waals surface area contributed by atoms with Crippen LogP contribution in [-0.2, 0) is 10.8 Å². The minimum absolute atomic E-state index is 0.0554. The van der Waals surface area contributed by atoms with Gasteiger partial charge >= 0.3 is 100 Å². The van der Waals surface area contributed by atoms with Gasteiger partial charge in [-0.15, -0.1) is 0 Å². The van der Waals surface area contributed by atoms with E-state index in [4.69, 9.17) is 4.42 Å². The van der Waals surface area contributed by atoms with Crippen LogP contribution in [0.15, 0.2) is 16.5 Å². The maximum absolute atomic E-state index is 5.97. The van der Waals surface area contributed by atoms with E-state index in [0.717, 1.165) is 15.6 Å². The van der Waals surface area contributed by atoms with Crippen molar-refractivity contribution in [3.63, 3.8) is 0 Å². The molecule has 1 aromatic rings. The van der Waals surface area contributed by atoms with Crippen molar-refractivity contribution in [1.82, 2.24) is 0 Å². The molecule has 0 fully saturated rings. The number of hydrogen-bond donors (Lipinski definition) is 0. The van der Waals surface area contributed by atoms with Crippen molar-refractivity contribution >= 4 is 15.6 Å². The van der Waals surface area contributed by atoms with Gasteiger partial charge in [0.2, 0.25) is 0 Å². The Bertz CT molecular complexity index is 367. The fourth-order valence-corrected chi connectivity index (χ4v) is 1.67. The fraction of sp³-hybridized carbons (Fsp3) is 0.615. The molecule has 0 radical (unpaired) electrons. The van der Waals surface area contributed by atoms with Gasteiger partial charge in [0.05, 0.1) is 0 Å². The third kappa shape index (κ3) is 3.32. The zero-order valence-electron chi connectivity index (χ0n) is 10.5. The van der Waals surface area contributed by atoms with E-state index in [1.54, 1.807) is 0 Å². The molecule has 2 heteroatoms. The van der Waals surface area contributed by atoms with Crippen molar-refractivity contribution in [3.8, 4) is 0 Å². The van der Waals surface area contributed by atoms with E-state index in [9.17, 15) is 0 Å². The summed E-state index contributed by atoms with van der Waals surface area (Å²) in [5, 5.41) is 0. The standard InChI is InChI=1S/C13H20OSe/c1-12(2,3)10-7-9(15)8-11(14-10)13(4,5)6/h7-8H,1-6H3. The van der Waals surface area contributed by atoms with Crippen LogP contribution in [-0.4, -0.2) is 15.6 Å². The Morgan fingerprint density at radius 2 is 1.20 bits per heavy atom. The zero-order chi connectivity index (χ0) is 11.9. The molecule has 1 nitrogen and oxygen atoms in total. The van der Waals surface area contributed by atoms with Crippen molar-refractivity contribution < 1.29 is 4.42 Å². The van der Waals surface area contributed by atoms with Gasteiger partial charge in [-0.05, 0) is 0 Å². The molecule has 0 aliphatic carbocycles. The zero-order valence-corrected chi connectivity index (χ0v) is 12.2.